The Morgan fingerprint density at radius 2 is 2.18 bits per heavy atom. The lowest BCUT2D eigenvalue weighted by Gasteiger charge is -2.08. The maximum Gasteiger partial charge on any atom is 0.262 e. The molecule has 0 spiro atoms. The van der Waals surface area contributed by atoms with Gasteiger partial charge in [-0.25, -0.2) is 0 Å². The Morgan fingerprint density at radius 1 is 1.36 bits per heavy atom. The number of methoxy groups -OCH3 is 1. The number of aromatic nitrogens is 1. The van der Waals surface area contributed by atoms with Crippen molar-refractivity contribution >= 4 is 29.0 Å². The summed E-state index contributed by atoms with van der Waals surface area (Å²) in [6.45, 7) is -0.0871. The van der Waals surface area contributed by atoms with Crippen LogP contribution in [0.5, 0.6) is 11.6 Å². The predicted molar refractivity (Wildman–Crippen MR) is 82.6 cm³/mol. The van der Waals surface area contributed by atoms with Crippen LogP contribution in [-0.4, -0.2) is 37.0 Å². The normalized spacial score (nSPS) is 9.91. The van der Waals surface area contributed by atoms with Gasteiger partial charge in [-0.3, -0.25) is 9.59 Å². The molecular weight excluding hydrogens is 306 g/mol. The average Bonchev–Trinajstić information content (AvgIpc) is 3.01. The topological polar surface area (TPSA) is 89.6 Å². The van der Waals surface area contributed by atoms with Gasteiger partial charge in [-0.1, -0.05) is 6.07 Å². The van der Waals surface area contributed by atoms with E-state index in [0.717, 1.165) is 11.5 Å². The summed E-state index contributed by atoms with van der Waals surface area (Å²) in [6.07, 6.45) is 0. The van der Waals surface area contributed by atoms with Crippen LogP contribution in [0.1, 0.15) is 10.4 Å². The minimum atomic E-state index is -0.325. The Morgan fingerprint density at radius 3 is 2.91 bits per heavy atom. The Hall–Kier alpha value is -2.61. The van der Waals surface area contributed by atoms with Crippen molar-refractivity contribution in [3.8, 4) is 11.6 Å². The quantitative estimate of drug-likeness (QED) is 0.842. The Labute approximate surface area is 131 Å². The van der Waals surface area contributed by atoms with E-state index >= 15 is 0 Å². The van der Waals surface area contributed by atoms with Gasteiger partial charge in [0.1, 0.15) is 11.3 Å². The van der Waals surface area contributed by atoms with Crippen LogP contribution in [0.25, 0.3) is 0 Å². The summed E-state index contributed by atoms with van der Waals surface area (Å²) in [7, 11) is 2.99. The van der Waals surface area contributed by atoms with Crippen LogP contribution in [0.15, 0.2) is 29.6 Å². The molecule has 0 bridgehead atoms. The van der Waals surface area contributed by atoms with E-state index in [2.05, 4.69) is 15.0 Å². The van der Waals surface area contributed by atoms with E-state index in [1.807, 2.05) is 0 Å². The highest BCUT2D eigenvalue weighted by Crippen LogP contribution is 2.22. The van der Waals surface area contributed by atoms with Crippen LogP contribution >= 0.6 is 11.5 Å². The molecule has 2 rings (SSSR count). The van der Waals surface area contributed by atoms with Crippen molar-refractivity contribution in [1.82, 2.24) is 9.69 Å². The summed E-state index contributed by atoms with van der Waals surface area (Å²) < 4.78 is 14.3. The van der Waals surface area contributed by atoms with E-state index in [1.54, 1.807) is 29.6 Å². The lowest BCUT2D eigenvalue weighted by Crippen LogP contribution is -2.24. The van der Waals surface area contributed by atoms with Crippen LogP contribution in [0, 0.1) is 0 Å². The third-order valence-electron chi connectivity index (χ3n) is 2.72. The molecule has 0 atom stereocenters. The first kappa shape index (κ1) is 15.8. The first-order valence-electron chi connectivity index (χ1n) is 6.37. The number of carbonyl (C=O) groups excluding carboxylic acids is 2. The number of amides is 2. The van der Waals surface area contributed by atoms with Gasteiger partial charge in [0.05, 0.1) is 7.11 Å². The van der Waals surface area contributed by atoms with Gasteiger partial charge in [-0.2, -0.15) is 4.37 Å². The Bertz CT molecular complexity index is 672. The van der Waals surface area contributed by atoms with E-state index in [4.69, 9.17) is 9.47 Å². The second kappa shape index (κ2) is 7.41. The Kier molecular flexibility index (Phi) is 5.31. The van der Waals surface area contributed by atoms with Crippen molar-refractivity contribution in [2.75, 3.05) is 26.1 Å². The van der Waals surface area contributed by atoms with Crippen molar-refractivity contribution in [3.63, 3.8) is 0 Å². The summed E-state index contributed by atoms with van der Waals surface area (Å²) in [5, 5.41) is 6.80. The molecule has 1 heterocycles. The second-order valence-electron chi connectivity index (χ2n) is 4.18. The molecule has 2 N–H and O–H groups in total. The van der Waals surface area contributed by atoms with E-state index in [0.29, 0.717) is 17.0 Å². The van der Waals surface area contributed by atoms with Gasteiger partial charge in [0.2, 0.25) is 5.88 Å². The van der Waals surface area contributed by atoms with Gasteiger partial charge in [0.25, 0.3) is 11.8 Å². The largest absolute Gasteiger partial charge is 0.484 e. The van der Waals surface area contributed by atoms with Crippen LogP contribution in [0.3, 0.4) is 0 Å². The molecule has 8 heteroatoms. The number of nitrogens with one attached hydrogen (secondary N) is 2. The van der Waals surface area contributed by atoms with Crippen molar-refractivity contribution in [1.29, 1.82) is 0 Å². The molecule has 0 aliphatic rings. The monoisotopic (exact) mass is 321 g/mol. The zero-order chi connectivity index (χ0) is 15.9. The molecule has 0 fully saturated rings. The summed E-state index contributed by atoms with van der Waals surface area (Å²) in [5.74, 6) is 0.212. The maximum absolute atomic E-state index is 12.1. The fourth-order valence-corrected chi connectivity index (χ4v) is 2.24. The lowest BCUT2D eigenvalue weighted by atomic mass is 10.2. The maximum atomic E-state index is 12.1. The molecule has 0 saturated heterocycles. The highest BCUT2D eigenvalue weighted by atomic mass is 32.1. The summed E-state index contributed by atoms with van der Waals surface area (Å²) in [4.78, 5) is 23.3. The molecule has 0 aliphatic carbocycles. The fourth-order valence-electron chi connectivity index (χ4n) is 1.61. The molecule has 22 heavy (non-hydrogen) atoms. The van der Waals surface area contributed by atoms with Gasteiger partial charge in [0, 0.05) is 24.2 Å². The van der Waals surface area contributed by atoms with Crippen molar-refractivity contribution in [2.24, 2.45) is 0 Å². The SMILES string of the molecule is CNC(=O)COc1cccc(NC(=O)c2csnc2OC)c1. The zero-order valence-corrected chi connectivity index (χ0v) is 12.9. The molecule has 0 saturated carbocycles. The standard InChI is InChI=1S/C14H15N3O4S/c1-15-12(18)7-21-10-5-3-4-9(6-10)16-13(19)11-8-22-17-14(11)20-2/h3-6,8H,7H2,1-2H3,(H,15,18)(H,16,19). The zero-order valence-electron chi connectivity index (χ0n) is 12.1. The molecule has 0 unspecified atom stereocenters. The van der Waals surface area contributed by atoms with Crippen LogP contribution in [0.2, 0.25) is 0 Å². The van der Waals surface area contributed by atoms with Gasteiger partial charge in [-0.05, 0) is 23.7 Å². The molecule has 2 aromatic rings. The number of benzene rings is 1. The van der Waals surface area contributed by atoms with Gasteiger partial charge < -0.3 is 20.1 Å². The third-order valence-corrected chi connectivity index (χ3v) is 3.33. The van der Waals surface area contributed by atoms with Crippen LogP contribution in [-0.2, 0) is 4.79 Å². The molecule has 0 radical (unpaired) electrons. The van der Waals surface area contributed by atoms with Crippen molar-refractivity contribution < 1.29 is 19.1 Å². The number of nitrogens with zero attached hydrogens (tertiary/aromatic N) is 1. The van der Waals surface area contributed by atoms with Crippen LogP contribution < -0.4 is 20.1 Å². The van der Waals surface area contributed by atoms with Gasteiger partial charge in [0.15, 0.2) is 6.61 Å². The van der Waals surface area contributed by atoms with E-state index in [-0.39, 0.29) is 24.3 Å². The lowest BCUT2D eigenvalue weighted by molar-refractivity contribution is -0.122. The third kappa shape index (κ3) is 3.95. The summed E-state index contributed by atoms with van der Waals surface area (Å²) in [5.41, 5.74) is 0.914. The van der Waals surface area contributed by atoms with E-state index in [9.17, 15) is 9.59 Å². The minimum absolute atomic E-state index is 0.0871. The summed E-state index contributed by atoms with van der Waals surface area (Å²) >= 11 is 1.14. The molecule has 2 amide bonds. The average molecular weight is 321 g/mol. The fraction of sp³-hybridized carbons (Fsp3) is 0.214. The highest BCUT2D eigenvalue weighted by Gasteiger charge is 2.15. The second-order valence-corrected chi connectivity index (χ2v) is 4.81. The smallest absolute Gasteiger partial charge is 0.262 e. The number of rotatable bonds is 6. The van der Waals surface area contributed by atoms with Gasteiger partial charge >= 0.3 is 0 Å². The first-order chi connectivity index (χ1) is 10.6. The van der Waals surface area contributed by atoms with Crippen molar-refractivity contribution in [3.05, 3.63) is 35.2 Å². The van der Waals surface area contributed by atoms with E-state index in [1.165, 1.54) is 14.2 Å². The first-order valence-corrected chi connectivity index (χ1v) is 7.21. The van der Waals surface area contributed by atoms with E-state index < -0.39 is 0 Å². The number of ether oxygens (including phenoxy) is 2. The molecular formula is C14H15N3O4S. The molecule has 0 aliphatic heterocycles. The number of anilines is 1. The highest BCUT2D eigenvalue weighted by molar-refractivity contribution is 7.04. The number of hydrogen-bond donors (Lipinski definition) is 2. The number of hydrogen-bond acceptors (Lipinski definition) is 6. The van der Waals surface area contributed by atoms with Crippen molar-refractivity contribution in [2.45, 2.75) is 0 Å². The van der Waals surface area contributed by atoms with Crippen LogP contribution in [0.4, 0.5) is 5.69 Å². The molecule has 7 nitrogen and oxygen atoms in total. The minimum Gasteiger partial charge on any atom is -0.484 e. The molecule has 1 aromatic heterocycles. The summed E-state index contributed by atoms with van der Waals surface area (Å²) in [6, 6.07) is 6.77. The number of likely N-dealkylation sites (N-methyl/N-ethyl adjacent to an activating group) is 1. The Balaban J connectivity index is 2.04. The van der Waals surface area contributed by atoms with Gasteiger partial charge in [-0.15, -0.1) is 0 Å². The predicted octanol–water partition coefficient (Wildman–Crippen LogP) is 1.53. The molecule has 116 valence electrons. The number of carbonyl (C=O) groups is 2. The molecule has 1 aromatic carbocycles.